The molecular weight excluding hydrogens is 226 g/mol. The molecule has 1 saturated heterocycles. The van der Waals surface area contributed by atoms with E-state index in [0.29, 0.717) is 0 Å². The van der Waals surface area contributed by atoms with Crippen LogP contribution in [0.1, 0.15) is 17.5 Å². The lowest BCUT2D eigenvalue weighted by atomic mass is 10.1. The van der Waals surface area contributed by atoms with E-state index in [4.69, 9.17) is 9.47 Å². The van der Waals surface area contributed by atoms with Crippen LogP contribution in [0.4, 0.5) is 0 Å². The fourth-order valence-corrected chi connectivity index (χ4v) is 2.42. The first kappa shape index (κ1) is 13.4. The summed E-state index contributed by atoms with van der Waals surface area (Å²) in [6, 6.07) is 6.40. The summed E-state index contributed by atoms with van der Waals surface area (Å²) in [5.41, 5.74) is 2.63. The summed E-state index contributed by atoms with van der Waals surface area (Å²) in [5.74, 6) is 1.02. The summed E-state index contributed by atoms with van der Waals surface area (Å²) >= 11 is 0. The Morgan fingerprint density at radius 3 is 2.78 bits per heavy atom. The average molecular weight is 249 g/mol. The minimum Gasteiger partial charge on any atom is -0.496 e. The van der Waals surface area contributed by atoms with E-state index in [1.54, 1.807) is 7.11 Å². The van der Waals surface area contributed by atoms with Gasteiger partial charge in [-0.2, -0.15) is 0 Å². The molecule has 0 amide bonds. The van der Waals surface area contributed by atoms with Gasteiger partial charge in [0.15, 0.2) is 0 Å². The lowest BCUT2D eigenvalue weighted by Gasteiger charge is -2.26. The van der Waals surface area contributed by atoms with Crippen molar-refractivity contribution in [3.8, 4) is 5.75 Å². The number of aryl methyl sites for hydroxylation is 2. The minimum absolute atomic E-state index is 0.883. The zero-order valence-electron chi connectivity index (χ0n) is 11.4. The minimum atomic E-state index is 0.883. The summed E-state index contributed by atoms with van der Waals surface area (Å²) in [4.78, 5) is 2.48. The van der Waals surface area contributed by atoms with Gasteiger partial charge in [0.05, 0.1) is 20.3 Å². The average Bonchev–Trinajstić information content (AvgIpc) is 2.40. The zero-order chi connectivity index (χ0) is 12.8. The van der Waals surface area contributed by atoms with Gasteiger partial charge in [0, 0.05) is 13.1 Å². The zero-order valence-corrected chi connectivity index (χ0v) is 11.4. The van der Waals surface area contributed by atoms with Gasteiger partial charge in [-0.3, -0.25) is 4.90 Å². The molecule has 1 aliphatic heterocycles. The van der Waals surface area contributed by atoms with Crippen LogP contribution in [-0.4, -0.2) is 44.9 Å². The molecule has 0 radical (unpaired) electrons. The molecule has 0 aromatic heterocycles. The molecular formula is C15H23NO2. The van der Waals surface area contributed by atoms with Gasteiger partial charge < -0.3 is 9.47 Å². The molecule has 0 unspecified atom stereocenters. The molecule has 100 valence electrons. The Kier molecular flexibility index (Phi) is 5.02. The second-order valence-corrected chi connectivity index (χ2v) is 4.87. The summed E-state index contributed by atoms with van der Waals surface area (Å²) in [6.45, 7) is 7.20. The fourth-order valence-electron chi connectivity index (χ4n) is 2.42. The number of methoxy groups -OCH3 is 1. The Morgan fingerprint density at radius 2 is 2.06 bits per heavy atom. The van der Waals surface area contributed by atoms with Gasteiger partial charge >= 0.3 is 0 Å². The van der Waals surface area contributed by atoms with Crippen LogP contribution in [0.2, 0.25) is 0 Å². The molecule has 18 heavy (non-hydrogen) atoms. The fraction of sp³-hybridized carbons (Fsp3) is 0.600. The van der Waals surface area contributed by atoms with E-state index < -0.39 is 0 Å². The maximum atomic E-state index is 5.41. The predicted octanol–water partition coefficient (Wildman–Crippen LogP) is 2.27. The molecule has 1 aromatic carbocycles. The highest BCUT2D eigenvalue weighted by molar-refractivity contribution is 5.36. The van der Waals surface area contributed by atoms with Crippen LogP contribution in [0.25, 0.3) is 0 Å². The molecule has 0 bridgehead atoms. The maximum Gasteiger partial charge on any atom is 0.122 e. The third kappa shape index (κ3) is 3.72. The highest BCUT2D eigenvalue weighted by Gasteiger charge is 2.10. The third-order valence-corrected chi connectivity index (χ3v) is 3.46. The van der Waals surface area contributed by atoms with E-state index in [-0.39, 0.29) is 0 Å². The second-order valence-electron chi connectivity index (χ2n) is 4.87. The van der Waals surface area contributed by atoms with Crippen LogP contribution < -0.4 is 4.74 Å². The van der Waals surface area contributed by atoms with Crippen molar-refractivity contribution in [3.63, 3.8) is 0 Å². The van der Waals surface area contributed by atoms with Gasteiger partial charge in [0.2, 0.25) is 0 Å². The smallest absolute Gasteiger partial charge is 0.122 e. The van der Waals surface area contributed by atoms with E-state index in [1.807, 2.05) is 0 Å². The summed E-state index contributed by atoms with van der Waals surface area (Å²) < 4.78 is 10.8. The van der Waals surface area contributed by atoms with E-state index in [9.17, 15) is 0 Å². The molecule has 1 aromatic rings. The number of benzene rings is 1. The van der Waals surface area contributed by atoms with Crippen LogP contribution in [0.15, 0.2) is 18.2 Å². The van der Waals surface area contributed by atoms with Crippen LogP contribution in [-0.2, 0) is 11.2 Å². The number of rotatable bonds is 5. The summed E-state index contributed by atoms with van der Waals surface area (Å²) in [7, 11) is 1.75. The molecule has 0 aliphatic carbocycles. The van der Waals surface area contributed by atoms with Crippen molar-refractivity contribution in [2.45, 2.75) is 19.8 Å². The number of hydrogen-bond acceptors (Lipinski definition) is 3. The second kappa shape index (κ2) is 6.76. The first-order chi connectivity index (χ1) is 8.79. The quantitative estimate of drug-likeness (QED) is 0.799. The van der Waals surface area contributed by atoms with Crippen molar-refractivity contribution >= 4 is 0 Å². The standard InChI is InChI=1S/C15H23NO2/c1-13-5-6-15(17-2)14(12-13)4-3-7-16-8-10-18-11-9-16/h5-6,12H,3-4,7-11H2,1-2H3. The van der Waals surface area contributed by atoms with E-state index in [2.05, 4.69) is 30.0 Å². The van der Waals surface area contributed by atoms with Gasteiger partial charge in [-0.25, -0.2) is 0 Å². The number of hydrogen-bond donors (Lipinski definition) is 0. The van der Waals surface area contributed by atoms with E-state index in [1.165, 1.54) is 17.5 Å². The molecule has 0 N–H and O–H groups in total. The van der Waals surface area contributed by atoms with Crippen LogP contribution in [0.3, 0.4) is 0 Å². The molecule has 0 atom stereocenters. The molecule has 0 spiro atoms. The van der Waals surface area contributed by atoms with Crippen molar-refractivity contribution in [2.75, 3.05) is 40.0 Å². The number of morpholine rings is 1. The Morgan fingerprint density at radius 1 is 1.28 bits per heavy atom. The Hall–Kier alpha value is -1.06. The highest BCUT2D eigenvalue weighted by atomic mass is 16.5. The lowest BCUT2D eigenvalue weighted by Crippen LogP contribution is -2.36. The van der Waals surface area contributed by atoms with Gasteiger partial charge in [-0.15, -0.1) is 0 Å². The van der Waals surface area contributed by atoms with Gasteiger partial charge in [0.1, 0.15) is 5.75 Å². The SMILES string of the molecule is COc1ccc(C)cc1CCCN1CCOCC1. The highest BCUT2D eigenvalue weighted by Crippen LogP contribution is 2.21. The van der Waals surface area contributed by atoms with Crippen molar-refractivity contribution in [1.82, 2.24) is 4.90 Å². The molecule has 0 saturated carbocycles. The lowest BCUT2D eigenvalue weighted by molar-refractivity contribution is 0.0374. The summed E-state index contributed by atoms with van der Waals surface area (Å²) in [6.07, 6.45) is 2.27. The predicted molar refractivity (Wildman–Crippen MR) is 73.3 cm³/mol. The van der Waals surface area contributed by atoms with Crippen LogP contribution >= 0.6 is 0 Å². The Labute approximate surface area is 110 Å². The van der Waals surface area contributed by atoms with Crippen LogP contribution in [0.5, 0.6) is 5.75 Å². The van der Waals surface area contributed by atoms with Gasteiger partial charge in [-0.1, -0.05) is 17.7 Å². The van der Waals surface area contributed by atoms with Crippen molar-refractivity contribution < 1.29 is 9.47 Å². The van der Waals surface area contributed by atoms with Crippen LogP contribution in [0, 0.1) is 6.92 Å². The normalized spacial score (nSPS) is 16.8. The molecule has 1 aliphatic rings. The Balaban J connectivity index is 1.83. The molecule has 1 fully saturated rings. The Bertz CT molecular complexity index is 373. The number of ether oxygens (including phenoxy) is 2. The molecule has 3 nitrogen and oxygen atoms in total. The van der Waals surface area contributed by atoms with Gasteiger partial charge in [-0.05, 0) is 37.9 Å². The number of nitrogens with zero attached hydrogens (tertiary/aromatic N) is 1. The maximum absolute atomic E-state index is 5.41. The molecule has 1 heterocycles. The first-order valence-corrected chi connectivity index (χ1v) is 6.73. The van der Waals surface area contributed by atoms with Crippen molar-refractivity contribution in [3.05, 3.63) is 29.3 Å². The van der Waals surface area contributed by atoms with Crippen molar-refractivity contribution in [1.29, 1.82) is 0 Å². The monoisotopic (exact) mass is 249 g/mol. The molecule has 3 heteroatoms. The third-order valence-electron chi connectivity index (χ3n) is 3.46. The molecule has 2 rings (SSSR count). The largest absolute Gasteiger partial charge is 0.496 e. The first-order valence-electron chi connectivity index (χ1n) is 6.73. The van der Waals surface area contributed by atoms with Gasteiger partial charge in [0.25, 0.3) is 0 Å². The van der Waals surface area contributed by atoms with E-state index >= 15 is 0 Å². The van der Waals surface area contributed by atoms with E-state index in [0.717, 1.165) is 45.0 Å². The summed E-state index contributed by atoms with van der Waals surface area (Å²) in [5, 5.41) is 0. The topological polar surface area (TPSA) is 21.7 Å². The van der Waals surface area contributed by atoms with Crippen molar-refractivity contribution in [2.24, 2.45) is 0 Å².